The molecule has 9 nitrogen and oxygen atoms in total. The normalized spacial score (nSPS) is 11.8. The minimum atomic E-state index is -0.452. The van der Waals surface area contributed by atoms with Gasteiger partial charge in [0.25, 0.3) is 5.69 Å². The number of aryl methyl sites for hydroxylation is 2. The molecule has 0 bridgehead atoms. The summed E-state index contributed by atoms with van der Waals surface area (Å²) in [6.07, 6.45) is 5.38. The lowest BCUT2D eigenvalue weighted by Crippen LogP contribution is -2.04. The second-order valence-electron chi connectivity index (χ2n) is 8.79. The average molecular weight is 495 g/mol. The molecule has 4 N–H and O–H groups in total. The Morgan fingerprint density at radius 2 is 1.89 bits per heavy atom. The Labute approximate surface area is 213 Å². The number of aliphatic imine (C=N–C) groups is 1. The van der Waals surface area contributed by atoms with Crippen LogP contribution in [0.4, 0.5) is 11.4 Å². The molecule has 0 aliphatic heterocycles. The van der Waals surface area contributed by atoms with Gasteiger partial charge in [-0.05, 0) is 55.3 Å². The van der Waals surface area contributed by atoms with Gasteiger partial charge in [0.1, 0.15) is 5.82 Å². The molecule has 2 heterocycles. The van der Waals surface area contributed by atoms with Gasteiger partial charge in [0.15, 0.2) is 5.88 Å². The van der Waals surface area contributed by atoms with Crippen LogP contribution >= 0.6 is 0 Å². The molecule has 0 fully saturated rings. The Kier molecular flexibility index (Phi) is 6.53. The van der Waals surface area contributed by atoms with Gasteiger partial charge < -0.3 is 20.4 Å². The Morgan fingerprint density at radius 1 is 1.14 bits per heavy atom. The topological polar surface area (TPSA) is 135 Å². The lowest BCUT2D eigenvalue weighted by Gasteiger charge is -2.10. The lowest BCUT2D eigenvalue weighted by molar-refractivity contribution is -0.384. The van der Waals surface area contributed by atoms with E-state index in [-0.39, 0.29) is 11.6 Å². The van der Waals surface area contributed by atoms with E-state index in [0.717, 1.165) is 35.4 Å². The third-order valence-corrected chi connectivity index (χ3v) is 6.29. The number of non-ortho nitro benzene ring substituents is 1. The zero-order chi connectivity index (χ0) is 25.9. The van der Waals surface area contributed by atoms with Gasteiger partial charge in [0, 0.05) is 53.6 Å². The quantitative estimate of drug-likeness (QED) is 0.154. The van der Waals surface area contributed by atoms with Gasteiger partial charge >= 0.3 is 0 Å². The summed E-state index contributed by atoms with van der Waals surface area (Å²) >= 11 is 0. The fourth-order valence-corrected chi connectivity index (χ4v) is 4.38. The molecule has 0 saturated carbocycles. The van der Waals surface area contributed by atoms with E-state index in [4.69, 9.17) is 10.7 Å². The molecular formula is C28H26N6O3. The first kappa shape index (κ1) is 24.0. The molecule has 5 aromatic rings. The Morgan fingerprint density at radius 3 is 2.54 bits per heavy atom. The predicted molar refractivity (Wildman–Crippen MR) is 144 cm³/mol. The number of fused-ring (bicyclic) bond motifs is 1. The van der Waals surface area contributed by atoms with Crippen LogP contribution in [0, 0.1) is 10.1 Å². The van der Waals surface area contributed by atoms with Gasteiger partial charge in [-0.15, -0.1) is 0 Å². The summed E-state index contributed by atoms with van der Waals surface area (Å²) in [6, 6.07) is 20.0. The number of nitro benzene ring substituents is 1. The van der Waals surface area contributed by atoms with Crippen LogP contribution in [0.3, 0.4) is 0 Å². The van der Waals surface area contributed by atoms with Gasteiger partial charge in [-0.1, -0.05) is 24.3 Å². The molecule has 186 valence electrons. The van der Waals surface area contributed by atoms with Crippen molar-refractivity contribution >= 4 is 28.0 Å². The monoisotopic (exact) mass is 494 g/mol. The largest absolute Gasteiger partial charge is 0.494 e. The number of nitro groups is 1. The Hall–Kier alpha value is -4.76. The van der Waals surface area contributed by atoms with E-state index in [1.165, 1.54) is 12.1 Å². The number of nitrogens with two attached hydrogens (primary N) is 1. The zero-order valence-electron chi connectivity index (χ0n) is 20.3. The molecule has 37 heavy (non-hydrogen) atoms. The van der Waals surface area contributed by atoms with Crippen LogP contribution in [0.2, 0.25) is 0 Å². The number of hydrogen-bond donors (Lipinski definition) is 3. The Bertz CT molecular complexity index is 1600. The van der Waals surface area contributed by atoms with E-state index in [9.17, 15) is 15.2 Å². The van der Waals surface area contributed by atoms with Crippen molar-refractivity contribution in [3.8, 4) is 17.3 Å². The number of nitrogens with zero attached hydrogens (tertiary/aromatic N) is 4. The number of nitrogens with one attached hydrogen (secondary N) is 1. The number of H-pyrrole nitrogens is 1. The Balaban J connectivity index is 1.64. The molecule has 0 saturated heterocycles. The van der Waals surface area contributed by atoms with Crippen LogP contribution in [0.25, 0.3) is 22.3 Å². The average Bonchev–Trinajstić information content (AvgIpc) is 3.48. The zero-order valence-corrected chi connectivity index (χ0v) is 20.3. The molecule has 0 amide bonds. The van der Waals surface area contributed by atoms with Crippen molar-refractivity contribution in [2.45, 2.75) is 12.8 Å². The number of aromatic hydroxyl groups is 1. The van der Waals surface area contributed by atoms with Crippen LogP contribution in [-0.4, -0.2) is 36.8 Å². The van der Waals surface area contributed by atoms with Crippen molar-refractivity contribution in [1.29, 1.82) is 0 Å². The molecule has 0 radical (unpaired) electrons. The molecule has 3 aromatic carbocycles. The summed E-state index contributed by atoms with van der Waals surface area (Å²) in [5.74, 6) is 0.733. The van der Waals surface area contributed by atoms with Gasteiger partial charge in [-0.3, -0.25) is 10.1 Å². The molecule has 9 heteroatoms. The minimum absolute atomic E-state index is 0.0661. The first-order valence-electron chi connectivity index (χ1n) is 11.9. The number of aromatic amines is 1. The first-order chi connectivity index (χ1) is 17.9. The summed E-state index contributed by atoms with van der Waals surface area (Å²) in [4.78, 5) is 23.2. The number of aromatic nitrogens is 3. The van der Waals surface area contributed by atoms with Crippen molar-refractivity contribution in [3.63, 3.8) is 0 Å². The van der Waals surface area contributed by atoms with Gasteiger partial charge in [0.2, 0.25) is 0 Å². The number of rotatable bonds is 8. The summed E-state index contributed by atoms with van der Waals surface area (Å²) in [6.45, 7) is 0.616. The van der Waals surface area contributed by atoms with Gasteiger partial charge in [-0.25, -0.2) is 9.98 Å². The molecule has 5 rings (SSSR count). The SMILES string of the molecule is Cn1ccnc1-c1ccc(N=C(c2ccc(CCCN)cc2)c2c(O)[nH]c3ccc([N+](=O)[O-])cc23)cc1. The highest BCUT2D eigenvalue weighted by molar-refractivity contribution is 6.22. The van der Waals surface area contributed by atoms with Gasteiger partial charge in [0.05, 0.1) is 21.9 Å². The highest BCUT2D eigenvalue weighted by Crippen LogP contribution is 2.34. The molecule has 0 atom stereocenters. The maximum Gasteiger partial charge on any atom is 0.270 e. The van der Waals surface area contributed by atoms with Crippen molar-refractivity contribution in [1.82, 2.24) is 14.5 Å². The van der Waals surface area contributed by atoms with E-state index >= 15 is 0 Å². The van der Waals surface area contributed by atoms with Gasteiger partial charge in [-0.2, -0.15) is 0 Å². The smallest absolute Gasteiger partial charge is 0.270 e. The highest BCUT2D eigenvalue weighted by atomic mass is 16.6. The minimum Gasteiger partial charge on any atom is -0.494 e. The molecule has 2 aromatic heterocycles. The van der Waals surface area contributed by atoms with E-state index in [1.54, 1.807) is 12.3 Å². The van der Waals surface area contributed by atoms with E-state index in [0.29, 0.717) is 34.4 Å². The predicted octanol–water partition coefficient (Wildman–Crippen LogP) is 5.24. The van der Waals surface area contributed by atoms with Crippen LogP contribution in [0.15, 0.2) is 84.1 Å². The summed E-state index contributed by atoms with van der Waals surface area (Å²) in [5.41, 5.74) is 10.6. The van der Waals surface area contributed by atoms with Crippen molar-refractivity contribution < 1.29 is 10.0 Å². The molecule has 0 spiro atoms. The second-order valence-corrected chi connectivity index (χ2v) is 8.79. The third-order valence-electron chi connectivity index (χ3n) is 6.29. The summed E-state index contributed by atoms with van der Waals surface area (Å²) in [5, 5.41) is 22.9. The standard InChI is InChI=1S/C28H26N6O3/c1-33-16-15-30-27(33)20-8-10-21(11-9-20)31-26(19-6-4-18(5-7-19)3-2-14-29)25-23-17-22(34(36)37)12-13-24(23)32-28(25)35/h4-13,15-17,32,35H,2-3,14,29H2,1H3. The van der Waals surface area contributed by atoms with Crippen LogP contribution in [0.1, 0.15) is 23.1 Å². The van der Waals surface area contributed by atoms with Crippen molar-refractivity contribution in [3.05, 3.63) is 106 Å². The van der Waals surface area contributed by atoms with E-state index < -0.39 is 4.92 Å². The second kappa shape index (κ2) is 10.1. The molecule has 0 aliphatic rings. The lowest BCUT2D eigenvalue weighted by atomic mass is 9.98. The van der Waals surface area contributed by atoms with E-state index in [2.05, 4.69) is 9.97 Å². The number of imidazole rings is 1. The third kappa shape index (κ3) is 4.85. The first-order valence-corrected chi connectivity index (χ1v) is 11.9. The number of benzene rings is 3. The van der Waals surface area contributed by atoms with Crippen molar-refractivity contribution in [2.24, 2.45) is 17.8 Å². The number of hydrogen-bond acceptors (Lipinski definition) is 6. The van der Waals surface area contributed by atoms with Crippen LogP contribution in [-0.2, 0) is 13.5 Å². The summed E-state index contributed by atoms with van der Waals surface area (Å²) in [7, 11) is 1.93. The highest BCUT2D eigenvalue weighted by Gasteiger charge is 2.21. The van der Waals surface area contributed by atoms with Crippen LogP contribution < -0.4 is 5.73 Å². The maximum absolute atomic E-state index is 11.5. The molecule has 0 unspecified atom stereocenters. The molecule has 0 aliphatic carbocycles. The van der Waals surface area contributed by atoms with Crippen LogP contribution in [0.5, 0.6) is 5.88 Å². The molecular weight excluding hydrogens is 468 g/mol. The summed E-state index contributed by atoms with van der Waals surface area (Å²) < 4.78 is 1.94. The van der Waals surface area contributed by atoms with Crippen molar-refractivity contribution in [2.75, 3.05) is 6.54 Å². The fraction of sp³-hybridized carbons (Fsp3) is 0.143. The van der Waals surface area contributed by atoms with E-state index in [1.807, 2.05) is 66.3 Å². The maximum atomic E-state index is 11.5. The fourth-order valence-electron chi connectivity index (χ4n) is 4.38.